The zero-order chi connectivity index (χ0) is 16.5. The summed E-state index contributed by atoms with van der Waals surface area (Å²) in [5.74, 6) is 7.05. The van der Waals surface area contributed by atoms with Crippen LogP contribution in [0.1, 0.15) is 18.5 Å². The fraction of sp³-hybridized carbons (Fsp3) is 0.471. The van der Waals surface area contributed by atoms with E-state index in [0.29, 0.717) is 19.8 Å². The van der Waals surface area contributed by atoms with Crippen LogP contribution in [0.4, 0.5) is 4.79 Å². The molecule has 6 heteroatoms. The van der Waals surface area contributed by atoms with E-state index in [1.165, 1.54) is 0 Å². The number of benzene rings is 1. The summed E-state index contributed by atoms with van der Waals surface area (Å²) in [6.45, 7) is 5.79. The van der Waals surface area contributed by atoms with Crippen LogP contribution in [0.25, 0.3) is 0 Å². The lowest BCUT2D eigenvalue weighted by molar-refractivity contribution is 0.0265. The van der Waals surface area contributed by atoms with Gasteiger partial charge in [0.1, 0.15) is 11.8 Å². The number of nitrogens with two attached hydrogens (primary N) is 1. The van der Waals surface area contributed by atoms with E-state index < -0.39 is 6.03 Å². The zero-order valence-electron chi connectivity index (χ0n) is 13.4. The smallest absolute Gasteiger partial charge is 0.312 e. The number of morpholine rings is 1. The molecule has 1 atom stereocenters. The first-order valence-corrected chi connectivity index (χ1v) is 7.77. The van der Waals surface area contributed by atoms with Crippen LogP contribution in [0.2, 0.25) is 0 Å². The quantitative estimate of drug-likeness (QED) is 0.798. The maximum Gasteiger partial charge on any atom is 0.312 e. The summed E-state index contributed by atoms with van der Waals surface area (Å²) in [7, 11) is 0. The molecule has 1 unspecified atom stereocenters. The lowest BCUT2D eigenvalue weighted by atomic mass is 10.0. The van der Waals surface area contributed by atoms with Gasteiger partial charge in [0.15, 0.2) is 0 Å². The average Bonchev–Trinajstić information content (AvgIpc) is 2.57. The van der Waals surface area contributed by atoms with Crippen LogP contribution in [-0.4, -0.2) is 50.4 Å². The Morgan fingerprint density at radius 3 is 2.87 bits per heavy atom. The minimum atomic E-state index is -0.572. The highest BCUT2D eigenvalue weighted by Crippen LogP contribution is 2.29. The number of rotatable bonds is 5. The van der Waals surface area contributed by atoms with Crippen LogP contribution >= 0.6 is 0 Å². The Bertz CT molecular complexity index is 574. The molecule has 1 aromatic rings. The number of amides is 2. The van der Waals surface area contributed by atoms with Gasteiger partial charge in [0.25, 0.3) is 0 Å². The molecule has 0 bridgehead atoms. The van der Waals surface area contributed by atoms with Gasteiger partial charge in [-0.3, -0.25) is 4.90 Å². The average molecular weight is 317 g/mol. The Labute approximate surface area is 136 Å². The molecule has 0 aromatic heterocycles. The van der Waals surface area contributed by atoms with Gasteiger partial charge in [-0.2, -0.15) is 0 Å². The molecule has 2 rings (SSSR count). The second-order valence-electron chi connectivity index (χ2n) is 5.06. The second-order valence-corrected chi connectivity index (χ2v) is 5.06. The number of carbonyl (C=O) groups excluding carboxylic acids is 1. The number of ether oxygens (including phenoxy) is 2. The Morgan fingerprint density at radius 2 is 2.17 bits per heavy atom. The van der Waals surface area contributed by atoms with Gasteiger partial charge in [-0.15, -0.1) is 0 Å². The number of hydrogen-bond acceptors (Lipinski definition) is 4. The lowest BCUT2D eigenvalue weighted by Crippen LogP contribution is -2.39. The van der Waals surface area contributed by atoms with E-state index >= 15 is 0 Å². The number of nitrogens with zero attached hydrogens (tertiary/aromatic N) is 1. The highest BCUT2D eigenvalue weighted by atomic mass is 16.5. The van der Waals surface area contributed by atoms with Crippen molar-refractivity contribution in [3.05, 3.63) is 29.8 Å². The molecule has 1 fully saturated rings. The Kier molecular flexibility index (Phi) is 6.73. The van der Waals surface area contributed by atoms with Gasteiger partial charge < -0.3 is 20.5 Å². The minimum absolute atomic E-state index is 0.101. The van der Waals surface area contributed by atoms with E-state index in [1.807, 2.05) is 31.2 Å². The summed E-state index contributed by atoms with van der Waals surface area (Å²) < 4.78 is 11.2. The Morgan fingerprint density at radius 1 is 1.43 bits per heavy atom. The summed E-state index contributed by atoms with van der Waals surface area (Å²) in [5.41, 5.74) is 6.09. The maximum absolute atomic E-state index is 10.8. The second kappa shape index (κ2) is 9.03. The molecule has 0 saturated carbocycles. The SMILES string of the molecule is CCOc1ccccc1C(C#CCNC(N)=O)N1CCOCC1. The normalized spacial score (nSPS) is 16.0. The van der Waals surface area contributed by atoms with E-state index in [2.05, 4.69) is 22.1 Å². The third-order valence-electron chi connectivity index (χ3n) is 3.51. The van der Waals surface area contributed by atoms with Gasteiger partial charge in [-0.05, 0) is 13.0 Å². The molecule has 1 aliphatic heterocycles. The van der Waals surface area contributed by atoms with Gasteiger partial charge in [-0.25, -0.2) is 4.79 Å². The predicted octanol–water partition coefficient (Wildman–Crippen LogP) is 1.13. The molecule has 23 heavy (non-hydrogen) atoms. The molecule has 0 aliphatic carbocycles. The highest BCUT2D eigenvalue weighted by molar-refractivity contribution is 5.71. The molecule has 1 heterocycles. The first-order valence-electron chi connectivity index (χ1n) is 7.77. The molecule has 1 aromatic carbocycles. The Balaban J connectivity index is 2.23. The van der Waals surface area contributed by atoms with Crippen LogP contribution in [0.3, 0.4) is 0 Å². The minimum Gasteiger partial charge on any atom is -0.493 e. The molecule has 1 aliphatic rings. The molecule has 1 saturated heterocycles. The third kappa shape index (κ3) is 5.16. The van der Waals surface area contributed by atoms with Crippen molar-refractivity contribution in [3.63, 3.8) is 0 Å². The summed E-state index contributed by atoms with van der Waals surface area (Å²) in [6.07, 6.45) is 0. The number of carbonyl (C=O) groups is 1. The van der Waals surface area contributed by atoms with Crippen LogP contribution in [-0.2, 0) is 4.74 Å². The summed E-state index contributed by atoms with van der Waals surface area (Å²) in [5, 5.41) is 2.49. The molecular weight excluding hydrogens is 294 g/mol. The molecule has 124 valence electrons. The summed E-state index contributed by atoms with van der Waals surface area (Å²) >= 11 is 0. The first-order chi connectivity index (χ1) is 11.2. The van der Waals surface area contributed by atoms with E-state index in [4.69, 9.17) is 15.2 Å². The summed E-state index contributed by atoms with van der Waals surface area (Å²) in [4.78, 5) is 13.0. The van der Waals surface area contributed by atoms with Crippen molar-refractivity contribution in [2.75, 3.05) is 39.5 Å². The lowest BCUT2D eigenvalue weighted by Gasteiger charge is -2.32. The van der Waals surface area contributed by atoms with Gasteiger partial charge >= 0.3 is 6.03 Å². The van der Waals surface area contributed by atoms with Gasteiger partial charge in [0.05, 0.1) is 26.4 Å². The molecule has 3 N–H and O–H groups in total. The van der Waals surface area contributed by atoms with Crippen LogP contribution in [0, 0.1) is 11.8 Å². The topological polar surface area (TPSA) is 76.8 Å². The number of urea groups is 1. The van der Waals surface area contributed by atoms with E-state index in [-0.39, 0.29) is 12.6 Å². The van der Waals surface area contributed by atoms with Crippen molar-refractivity contribution in [2.24, 2.45) is 5.73 Å². The van der Waals surface area contributed by atoms with Crippen molar-refractivity contribution in [2.45, 2.75) is 13.0 Å². The van der Waals surface area contributed by atoms with E-state index in [0.717, 1.165) is 24.4 Å². The number of primary amides is 1. The predicted molar refractivity (Wildman–Crippen MR) is 88.1 cm³/mol. The third-order valence-corrected chi connectivity index (χ3v) is 3.51. The summed E-state index contributed by atoms with van der Waals surface area (Å²) in [6, 6.07) is 7.24. The van der Waals surface area contributed by atoms with Gasteiger partial charge in [-0.1, -0.05) is 30.0 Å². The zero-order valence-corrected chi connectivity index (χ0v) is 13.4. The van der Waals surface area contributed by atoms with Crippen molar-refractivity contribution < 1.29 is 14.3 Å². The van der Waals surface area contributed by atoms with Gasteiger partial charge in [0, 0.05) is 18.7 Å². The maximum atomic E-state index is 10.8. The van der Waals surface area contributed by atoms with Crippen molar-refractivity contribution in [3.8, 4) is 17.6 Å². The van der Waals surface area contributed by atoms with Crippen molar-refractivity contribution in [1.29, 1.82) is 0 Å². The van der Waals surface area contributed by atoms with Crippen LogP contribution < -0.4 is 15.8 Å². The van der Waals surface area contributed by atoms with E-state index in [9.17, 15) is 4.79 Å². The largest absolute Gasteiger partial charge is 0.493 e. The van der Waals surface area contributed by atoms with Crippen molar-refractivity contribution in [1.82, 2.24) is 10.2 Å². The Hall–Kier alpha value is -2.23. The van der Waals surface area contributed by atoms with Gasteiger partial charge in [0.2, 0.25) is 0 Å². The fourth-order valence-electron chi connectivity index (χ4n) is 2.47. The molecule has 6 nitrogen and oxygen atoms in total. The number of hydrogen-bond donors (Lipinski definition) is 2. The first kappa shape index (κ1) is 17.1. The highest BCUT2D eigenvalue weighted by Gasteiger charge is 2.23. The molecule has 2 amide bonds. The van der Waals surface area contributed by atoms with Crippen molar-refractivity contribution >= 4 is 6.03 Å². The standard InChI is InChI=1S/C17H23N3O3/c1-2-23-16-8-4-3-6-14(16)15(7-5-9-19-17(18)21)20-10-12-22-13-11-20/h3-4,6,8,15H,2,9-13H2,1H3,(H3,18,19,21). The fourth-order valence-corrected chi connectivity index (χ4v) is 2.47. The monoisotopic (exact) mass is 317 g/mol. The van der Waals surface area contributed by atoms with Crippen LogP contribution in [0.15, 0.2) is 24.3 Å². The molecule has 0 radical (unpaired) electrons. The number of nitrogens with one attached hydrogen (secondary N) is 1. The molecular formula is C17H23N3O3. The van der Waals surface area contributed by atoms with E-state index in [1.54, 1.807) is 0 Å². The number of para-hydroxylation sites is 1. The van der Waals surface area contributed by atoms with Crippen LogP contribution in [0.5, 0.6) is 5.75 Å². The molecule has 0 spiro atoms.